The fourth-order valence-electron chi connectivity index (χ4n) is 2.66. The van der Waals surface area contributed by atoms with Crippen molar-refractivity contribution in [1.29, 1.82) is 5.41 Å². The van der Waals surface area contributed by atoms with Crippen molar-refractivity contribution in [3.05, 3.63) is 35.3 Å². The normalized spacial score (nSPS) is 22.2. The Balaban J connectivity index is 1.96. The van der Waals surface area contributed by atoms with E-state index in [0.29, 0.717) is 24.2 Å². The first kappa shape index (κ1) is 14.7. The average molecular weight is 315 g/mol. The van der Waals surface area contributed by atoms with Gasteiger partial charge in [-0.15, -0.1) is 11.3 Å². The van der Waals surface area contributed by atoms with E-state index < -0.39 is 5.41 Å². The number of amides is 1. The summed E-state index contributed by atoms with van der Waals surface area (Å²) >= 11 is 1.47. The molecule has 1 aromatic carbocycles. The Morgan fingerprint density at radius 2 is 2.09 bits per heavy atom. The van der Waals surface area contributed by atoms with Gasteiger partial charge in [-0.2, -0.15) is 0 Å². The molecule has 5 nitrogen and oxygen atoms in total. The lowest BCUT2D eigenvalue weighted by Gasteiger charge is -2.36. The number of thiazole rings is 1. The molecule has 1 saturated heterocycles. The van der Waals surface area contributed by atoms with Crippen LogP contribution in [-0.2, 0) is 10.2 Å². The zero-order valence-corrected chi connectivity index (χ0v) is 13.3. The molecule has 1 aromatic heterocycles. The van der Waals surface area contributed by atoms with Crippen molar-refractivity contribution in [1.82, 2.24) is 9.88 Å². The molecule has 0 aliphatic carbocycles. The minimum absolute atomic E-state index is 0.0451. The first-order valence-corrected chi connectivity index (χ1v) is 7.81. The maximum atomic E-state index is 12.1. The molecule has 1 fully saturated rings. The van der Waals surface area contributed by atoms with Crippen LogP contribution < -0.4 is 0 Å². The number of nitrogens with zero attached hydrogens (tertiary/aromatic N) is 2. The van der Waals surface area contributed by atoms with Crippen molar-refractivity contribution in [3.8, 4) is 16.3 Å². The van der Waals surface area contributed by atoms with Crippen molar-refractivity contribution >= 4 is 23.1 Å². The van der Waals surface area contributed by atoms with Gasteiger partial charge in [-0.1, -0.05) is 19.1 Å². The van der Waals surface area contributed by atoms with Crippen LogP contribution in [0.1, 0.15) is 24.6 Å². The summed E-state index contributed by atoms with van der Waals surface area (Å²) in [5, 5.41) is 18.7. The maximum Gasteiger partial charge on any atom is 0.228 e. The molecule has 0 bridgehead atoms. The van der Waals surface area contributed by atoms with Gasteiger partial charge in [0.1, 0.15) is 16.6 Å². The summed E-state index contributed by atoms with van der Waals surface area (Å²) in [6, 6.07) is 7.08. The number of nitrogens with one attached hydrogen (secondary N) is 1. The highest BCUT2D eigenvalue weighted by Gasteiger charge is 2.39. The van der Waals surface area contributed by atoms with Gasteiger partial charge in [-0.05, 0) is 12.1 Å². The van der Waals surface area contributed by atoms with Gasteiger partial charge in [0.2, 0.25) is 5.91 Å². The predicted octanol–water partition coefficient (Wildman–Crippen LogP) is 3.00. The lowest BCUT2D eigenvalue weighted by molar-refractivity contribution is -0.128. The van der Waals surface area contributed by atoms with Crippen LogP contribution in [0, 0.1) is 5.41 Å². The molecule has 0 saturated carbocycles. The molecule has 2 aromatic rings. The van der Waals surface area contributed by atoms with E-state index in [2.05, 4.69) is 4.98 Å². The fourth-order valence-corrected chi connectivity index (χ4v) is 3.75. The predicted molar refractivity (Wildman–Crippen MR) is 86.3 cm³/mol. The van der Waals surface area contributed by atoms with Crippen molar-refractivity contribution in [3.63, 3.8) is 0 Å². The molecule has 114 valence electrons. The highest BCUT2D eigenvalue weighted by atomic mass is 32.1. The highest BCUT2D eigenvalue weighted by molar-refractivity contribution is 7.15. The van der Waals surface area contributed by atoms with Crippen LogP contribution in [0.2, 0.25) is 0 Å². The number of aromatic nitrogens is 1. The van der Waals surface area contributed by atoms with Crippen LogP contribution in [0.4, 0.5) is 0 Å². The van der Waals surface area contributed by atoms with E-state index in [1.807, 2.05) is 19.1 Å². The number of hydrogen-bond donors (Lipinski definition) is 2. The van der Waals surface area contributed by atoms with Crippen molar-refractivity contribution in [2.45, 2.75) is 25.2 Å². The Hall–Kier alpha value is -2.21. The Morgan fingerprint density at radius 1 is 1.36 bits per heavy atom. The van der Waals surface area contributed by atoms with Crippen LogP contribution in [-0.4, -0.2) is 33.8 Å². The number of aromatic hydroxyl groups is 1. The maximum absolute atomic E-state index is 12.1. The zero-order valence-electron chi connectivity index (χ0n) is 12.5. The van der Waals surface area contributed by atoms with Crippen molar-refractivity contribution in [2.24, 2.45) is 0 Å². The second kappa shape index (κ2) is 5.21. The largest absolute Gasteiger partial charge is 0.507 e. The Kier molecular flexibility index (Phi) is 3.48. The molecular formula is C16H17N3O2S. The topological polar surface area (TPSA) is 77.3 Å². The van der Waals surface area contributed by atoms with Gasteiger partial charge in [0.25, 0.3) is 0 Å². The summed E-state index contributed by atoms with van der Waals surface area (Å²) in [6.07, 6.45) is 2.64. The minimum atomic E-state index is -0.402. The molecule has 0 radical (unpaired) electrons. The molecule has 0 spiro atoms. The molecule has 3 rings (SSSR count). The molecular weight excluding hydrogens is 298 g/mol. The smallest absolute Gasteiger partial charge is 0.228 e. The fraction of sp³-hybridized carbons (Fsp3) is 0.312. The number of rotatable bonds is 2. The number of likely N-dealkylation sites (tertiary alicyclic amines) is 1. The number of hydrogen-bond acceptors (Lipinski definition) is 5. The second-order valence-electron chi connectivity index (χ2n) is 5.86. The van der Waals surface area contributed by atoms with E-state index in [1.54, 1.807) is 25.4 Å². The van der Waals surface area contributed by atoms with Crippen LogP contribution >= 0.6 is 11.3 Å². The first-order chi connectivity index (χ1) is 10.4. The number of phenols is 1. The monoisotopic (exact) mass is 315 g/mol. The molecule has 0 unspecified atom stereocenters. The van der Waals surface area contributed by atoms with E-state index in [9.17, 15) is 9.90 Å². The number of piperidine rings is 1. The van der Waals surface area contributed by atoms with Gasteiger partial charge in [0.15, 0.2) is 0 Å². The van der Waals surface area contributed by atoms with Crippen LogP contribution in [0.3, 0.4) is 0 Å². The number of carbonyl (C=O) groups is 1. The van der Waals surface area contributed by atoms with E-state index in [4.69, 9.17) is 5.41 Å². The number of benzene rings is 1. The van der Waals surface area contributed by atoms with Crippen LogP contribution in [0.15, 0.2) is 30.5 Å². The van der Waals surface area contributed by atoms with E-state index in [1.165, 1.54) is 16.2 Å². The third-order valence-electron chi connectivity index (χ3n) is 4.11. The number of para-hydroxylation sites is 1. The van der Waals surface area contributed by atoms with Gasteiger partial charge in [-0.3, -0.25) is 10.2 Å². The zero-order chi connectivity index (χ0) is 15.9. The van der Waals surface area contributed by atoms with Crippen molar-refractivity contribution < 1.29 is 9.90 Å². The van der Waals surface area contributed by atoms with Gasteiger partial charge in [0, 0.05) is 36.4 Å². The second-order valence-corrected chi connectivity index (χ2v) is 6.89. The molecule has 2 N–H and O–H groups in total. The molecule has 1 aliphatic heterocycles. The third kappa shape index (κ3) is 2.39. The van der Waals surface area contributed by atoms with Gasteiger partial charge < -0.3 is 10.0 Å². The lowest BCUT2D eigenvalue weighted by atomic mass is 9.78. The highest BCUT2D eigenvalue weighted by Crippen LogP contribution is 2.42. The average Bonchev–Trinajstić information content (AvgIpc) is 2.95. The Bertz CT molecular complexity index is 735. The minimum Gasteiger partial charge on any atom is -0.507 e. The summed E-state index contributed by atoms with van der Waals surface area (Å²) in [6.45, 7) is 1.99. The summed E-state index contributed by atoms with van der Waals surface area (Å²) in [5.41, 5.74) is 0.290. The summed E-state index contributed by atoms with van der Waals surface area (Å²) in [4.78, 5) is 18.8. The van der Waals surface area contributed by atoms with E-state index >= 15 is 0 Å². The van der Waals surface area contributed by atoms with Crippen LogP contribution in [0.25, 0.3) is 10.6 Å². The molecule has 1 atom stereocenters. The number of amidine groups is 1. The SMILES string of the molecule is CN1C(=N)C[C@](C)(c2cnc(-c3ccccc3O)s2)CC1=O. The summed E-state index contributed by atoms with van der Waals surface area (Å²) in [5.74, 6) is 0.480. The Morgan fingerprint density at radius 3 is 2.77 bits per heavy atom. The third-order valence-corrected chi connectivity index (χ3v) is 5.45. The Labute approximate surface area is 132 Å². The molecule has 2 heterocycles. The van der Waals surface area contributed by atoms with Gasteiger partial charge in [-0.25, -0.2) is 4.98 Å². The van der Waals surface area contributed by atoms with E-state index in [-0.39, 0.29) is 11.7 Å². The quantitative estimate of drug-likeness (QED) is 0.894. The molecule has 22 heavy (non-hydrogen) atoms. The standard InChI is InChI=1S/C16H17N3O2S/c1-16(7-13(17)19(2)14(21)8-16)12-9-18-15(22-12)10-5-3-4-6-11(10)20/h3-6,9,17,20H,7-8H2,1-2H3/t16-/m0/s1. The van der Waals surface area contributed by atoms with Gasteiger partial charge >= 0.3 is 0 Å². The van der Waals surface area contributed by atoms with Gasteiger partial charge in [0.05, 0.1) is 5.56 Å². The van der Waals surface area contributed by atoms with Crippen LogP contribution in [0.5, 0.6) is 5.75 Å². The number of carbonyl (C=O) groups excluding carboxylic acids is 1. The summed E-state index contributed by atoms with van der Waals surface area (Å²) in [7, 11) is 1.64. The molecule has 1 amide bonds. The molecule has 1 aliphatic rings. The summed E-state index contributed by atoms with van der Waals surface area (Å²) < 4.78 is 0. The lowest BCUT2D eigenvalue weighted by Crippen LogP contribution is -2.46. The number of phenolic OH excluding ortho intramolecular Hbond substituents is 1. The van der Waals surface area contributed by atoms with E-state index in [0.717, 1.165) is 9.88 Å². The molecule has 6 heteroatoms. The van der Waals surface area contributed by atoms with Crippen molar-refractivity contribution in [2.75, 3.05) is 7.05 Å². The first-order valence-electron chi connectivity index (χ1n) is 6.99.